The van der Waals surface area contributed by atoms with E-state index in [0.29, 0.717) is 35.3 Å². The third kappa shape index (κ3) is 3.57. The quantitative estimate of drug-likeness (QED) is 0.720. The van der Waals surface area contributed by atoms with Crippen molar-refractivity contribution >= 4 is 27.0 Å². The number of nitrogens with one attached hydrogen (secondary N) is 1. The van der Waals surface area contributed by atoms with Gasteiger partial charge in [-0.25, -0.2) is 8.42 Å². The van der Waals surface area contributed by atoms with Gasteiger partial charge in [0.1, 0.15) is 9.96 Å². The predicted octanol–water partition coefficient (Wildman–Crippen LogP) is 3.31. The average molecular weight is 365 g/mol. The maximum atomic E-state index is 12.5. The van der Waals surface area contributed by atoms with Crippen LogP contribution in [0, 0.1) is 6.92 Å². The summed E-state index contributed by atoms with van der Waals surface area (Å²) in [4.78, 5) is 4.09. The monoisotopic (exact) mass is 365 g/mol. The van der Waals surface area contributed by atoms with Gasteiger partial charge in [-0.3, -0.25) is 4.72 Å². The lowest BCUT2D eigenvalue weighted by molar-refractivity contribution is 0.340. The standard InChI is InChI=1S/C15H15N3O4S2/c1-3-21-13-6-4-12(5-7-13)18-24(19,20)14-8-11(9-23-14)15-16-10(2)22-17-15/h4-9,18H,3H2,1-2H3. The van der Waals surface area contributed by atoms with Gasteiger partial charge < -0.3 is 9.26 Å². The molecule has 0 atom stereocenters. The Hall–Kier alpha value is -2.39. The molecule has 0 bridgehead atoms. The summed E-state index contributed by atoms with van der Waals surface area (Å²) in [6, 6.07) is 8.25. The molecule has 9 heteroatoms. The molecule has 0 radical (unpaired) electrons. The zero-order valence-electron chi connectivity index (χ0n) is 13.0. The van der Waals surface area contributed by atoms with Crippen LogP contribution < -0.4 is 9.46 Å². The fourth-order valence-electron chi connectivity index (χ4n) is 1.98. The molecule has 2 aromatic heterocycles. The number of aromatic nitrogens is 2. The summed E-state index contributed by atoms with van der Waals surface area (Å²) in [5, 5.41) is 5.46. The van der Waals surface area contributed by atoms with E-state index < -0.39 is 10.0 Å². The van der Waals surface area contributed by atoms with Crippen LogP contribution >= 0.6 is 11.3 Å². The largest absolute Gasteiger partial charge is 0.494 e. The van der Waals surface area contributed by atoms with E-state index >= 15 is 0 Å². The van der Waals surface area contributed by atoms with Gasteiger partial charge in [0.2, 0.25) is 11.7 Å². The molecule has 0 amide bonds. The molecular formula is C15H15N3O4S2. The molecule has 24 heavy (non-hydrogen) atoms. The minimum absolute atomic E-state index is 0.175. The number of rotatable bonds is 6. The maximum Gasteiger partial charge on any atom is 0.271 e. The van der Waals surface area contributed by atoms with E-state index in [9.17, 15) is 8.42 Å². The summed E-state index contributed by atoms with van der Waals surface area (Å²) in [5.41, 5.74) is 1.06. The van der Waals surface area contributed by atoms with Gasteiger partial charge in [-0.2, -0.15) is 4.98 Å². The Morgan fingerprint density at radius 2 is 2.04 bits per heavy atom. The second-order valence-electron chi connectivity index (χ2n) is 4.85. The van der Waals surface area contributed by atoms with Crippen LogP contribution in [0.3, 0.4) is 0 Å². The van der Waals surface area contributed by atoms with E-state index in [0.717, 1.165) is 11.3 Å². The highest BCUT2D eigenvalue weighted by Gasteiger charge is 2.19. The third-order valence-electron chi connectivity index (χ3n) is 3.04. The molecule has 0 aliphatic heterocycles. The number of anilines is 1. The number of hydrogen-bond acceptors (Lipinski definition) is 7. The summed E-state index contributed by atoms with van der Waals surface area (Å²) in [7, 11) is -3.68. The third-order valence-corrected chi connectivity index (χ3v) is 5.86. The molecule has 0 unspecified atom stereocenters. The molecule has 0 spiro atoms. The molecule has 1 N–H and O–H groups in total. The number of benzene rings is 1. The number of nitrogens with zero attached hydrogens (tertiary/aromatic N) is 2. The Morgan fingerprint density at radius 1 is 1.29 bits per heavy atom. The number of hydrogen-bond donors (Lipinski definition) is 1. The number of aryl methyl sites for hydroxylation is 1. The highest BCUT2D eigenvalue weighted by molar-refractivity contribution is 7.94. The Bertz CT molecular complexity index is 930. The van der Waals surface area contributed by atoms with Gasteiger partial charge in [0, 0.05) is 23.6 Å². The van der Waals surface area contributed by atoms with Crippen molar-refractivity contribution in [3.8, 4) is 17.1 Å². The number of ether oxygens (including phenoxy) is 1. The van der Waals surface area contributed by atoms with Crippen LogP contribution in [0.15, 0.2) is 44.4 Å². The van der Waals surface area contributed by atoms with Crippen molar-refractivity contribution in [2.45, 2.75) is 18.1 Å². The Morgan fingerprint density at radius 3 is 2.67 bits per heavy atom. The molecule has 0 saturated heterocycles. The normalized spacial score (nSPS) is 11.4. The molecule has 3 aromatic rings. The molecule has 2 heterocycles. The molecule has 7 nitrogen and oxygen atoms in total. The van der Waals surface area contributed by atoms with Crippen molar-refractivity contribution < 1.29 is 17.7 Å². The van der Waals surface area contributed by atoms with Crippen molar-refractivity contribution in [3.05, 3.63) is 41.6 Å². The zero-order chi connectivity index (χ0) is 17.2. The minimum Gasteiger partial charge on any atom is -0.494 e. The minimum atomic E-state index is -3.68. The molecule has 126 valence electrons. The molecule has 3 rings (SSSR count). The highest BCUT2D eigenvalue weighted by atomic mass is 32.2. The van der Waals surface area contributed by atoms with Crippen molar-refractivity contribution in [2.75, 3.05) is 11.3 Å². The lowest BCUT2D eigenvalue weighted by Crippen LogP contribution is -2.11. The van der Waals surface area contributed by atoms with Gasteiger partial charge in [0.15, 0.2) is 0 Å². The fraction of sp³-hybridized carbons (Fsp3) is 0.200. The Labute approximate surface area is 143 Å². The first-order valence-corrected chi connectivity index (χ1v) is 9.49. The topological polar surface area (TPSA) is 94.3 Å². The van der Waals surface area contributed by atoms with E-state index in [2.05, 4.69) is 14.9 Å². The average Bonchev–Trinajstić information content (AvgIpc) is 3.18. The molecule has 0 aliphatic carbocycles. The highest BCUT2D eigenvalue weighted by Crippen LogP contribution is 2.28. The second kappa shape index (κ2) is 6.62. The van der Waals surface area contributed by atoms with Gasteiger partial charge in [-0.15, -0.1) is 11.3 Å². The fourth-order valence-corrected chi connectivity index (χ4v) is 4.20. The molecule has 1 aromatic carbocycles. The Kier molecular flexibility index (Phi) is 4.54. The van der Waals surface area contributed by atoms with E-state index in [1.807, 2.05) is 6.92 Å². The summed E-state index contributed by atoms with van der Waals surface area (Å²) in [6.45, 7) is 4.11. The van der Waals surface area contributed by atoms with E-state index in [1.165, 1.54) is 6.07 Å². The summed E-state index contributed by atoms with van der Waals surface area (Å²) >= 11 is 1.09. The maximum absolute atomic E-state index is 12.5. The molecule has 0 aliphatic rings. The van der Waals surface area contributed by atoms with E-state index in [-0.39, 0.29) is 4.21 Å². The first-order valence-electron chi connectivity index (χ1n) is 7.13. The lowest BCUT2D eigenvalue weighted by atomic mass is 10.3. The van der Waals surface area contributed by atoms with Gasteiger partial charge in [0.25, 0.3) is 10.0 Å². The van der Waals surface area contributed by atoms with Crippen LogP contribution in [0.2, 0.25) is 0 Å². The smallest absolute Gasteiger partial charge is 0.271 e. The predicted molar refractivity (Wildman–Crippen MR) is 90.8 cm³/mol. The van der Waals surface area contributed by atoms with Crippen molar-refractivity contribution in [1.29, 1.82) is 0 Å². The van der Waals surface area contributed by atoms with Crippen LogP contribution in [0.1, 0.15) is 12.8 Å². The molecule has 0 saturated carbocycles. The van der Waals surface area contributed by atoms with Crippen LogP contribution in [-0.4, -0.2) is 25.2 Å². The van der Waals surface area contributed by atoms with Gasteiger partial charge in [-0.1, -0.05) is 5.16 Å². The van der Waals surface area contributed by atoms with Crippen LogP contribution in [0.5, 0.6) is 5.75 Å². The lowest BCUT2D eigenvalue weighted by Gasteiger charge is -2.07. The summed E-state index contributed by atoms with van der Waals surface area (Å²) in [6.07, 6.45) is 0. The summed E-state index contributed by atoms with van der Waals surface area (Å²) < 4.78 is 37.9. The molecular weight excluding hydrogens is 350 g/mol. The van der Waals surface area contributed by atoms with Gasteiger partial charge >= 0.3 is 0 Å². The van der Waals surface area contributed by atoms with E-state index in [1.54, 1.807) is 36.6 Å². The zero-order valence-corrected chi connectivity index (χ0v) is 14.6. The molecule has 0 fully saturated rings. The van der Waals surface area contributed by atoms with Crippen LogP contribution in [0.4, 0.5) is 5.69 Å². The Balaban J connectivity index is 1.79. The van der Waals surface area contributed by atoms with Gasteiger partial charge in [-0.05, 0) is 37.3 Å². The number of sulfonamides is 1. The number of thiophene rings is 1. The summed E-state index contributed by atoms with van der Waals surface area (Å²) in [5.74, 6) is 1.48. The van der Waals surface area contributed by atoms with Crippen LogP contribution in [-0.2, 0) is 10.0 Å². The second-order valence-corrected chi connectivity index (χ2v) is 7.67. The SMILES string of the molecule is CCOc1ccc(NS(=O)(=O)c2cc(-c3noc(C)n3)cs2)cc1. The first kappa shape index (κ1) is 16.5. The van der Waals surface area contributed by atoms with Crippen LogP contribution in [0.25, 0.3) is 11.4 Å². The van der Waals surface area contributed by atoms with Crippen molar-refractivity contribution in [1.82, 2.24) is 10.1 Å². The van der Waals surface area contributed by atoms with E-state index in [4.69, 9.17) is 9.26 Å². The van der Waals surface area contributed by atoms with Crippen molar-refractivity contribution in [2.24, 2.45) is 0 Å². The van der Waals surface area contributed by atoms with Gasteiger partial charge in [0.05, 0.1) is 6.61 Å². The van der Waals surface area contributed by atoms with Crippen molar-refractivity contribution in [3.63, 3.8) is 0 Å². The first-order chi connectivity index (χ1) is 11.5.